The number of hydrogen-bond acceptors (Lipinski definition) is 4. The quantitative estimate of drug-likeness (QED) is 0.527. The highest BCUT2D eigenvalue weighted by atomic mass is 32.1. The monoisotopic (exact) mass is 328 g/mol. The van der Waals surface area contributed by atoms with Crippen molar-refractivity contribution in [2.24, 2.45) is 5.10 Å². The summed E-state index contributed by atoms with van der Waals surface area (Å²) in [6, 6.07) is 9.53. The Morgan fingerprint density at radius 2 is 2.00 bits per heavy atom. The number of thiophene rings is 1. The van der Waals surface area contributed by atoms with Gasteiger partial charge in [-0.05, 0) is 67.1 Å². The second-order valence-corrected chi connectivity index (χ2v) is 6.73. The van der Waals surface area contributed by atoms with Gasteiger partial charge in [-0.25, -0.2) is 5.43 Å². The van der Waals surface area contributed by atoms with Crippen LogP contribution in [0, 0.1) is 0 Å². The number of nitrogens with zero attached hydrogens (tertiary/aromatic N) is 1. The smallest absolute Gasteiger partial charge is 0.281 e. The third-order valence-corrected chi connectivity index (χ3v) is 5.20. The van der Waals surface area contributed by atoms with Crippen molar-refractivity contribution < 1.29 is 9.53 Å². The SMILES string of the molecule is COc1ccc(/C=N\NC(=O)c2cc3c(s2)CCCCC3)cc1. The summed E-state index contributed by atoms with van der Waals surface area (Å²) < 4.78 is 5.11. The molecule has 0 bridgehead atoms. The molecule has 1 amide bonds. The van der Waals surface area contributed by atoms with E-state index in [4.69, 9.17) is 4.74 Å². The Morgan fingerprint density at radius 1 is 1.22 bits per heavy atom. The van der Waals surface area contributed by atoms with Crippen molar-refractivity contribution in [2.75, 3.05) is 7.11 Å². The van der Waals surface area contributed by atoms with Gasteiger partial charge in [-0.1, -0.05) is 6.42 Å². The van der Waals surface area contributed by atoms with E-state index in [0.717, 1.165) is 29.0 Å². The zero-order valence-corrected chi connectivity index (χ0v) is 14.0. The number of carbonyl (C=O) groups excluding carboxylic acids is 1. The largest absolute Gasteiger partial charge is 0.497 e. The minimum atomic E-state index is -0.132. The third kappa shape index (κ3) is 3.99. The molecule has 1 aliphatic carbocycles. The predicted molar refractivity (Wildman–Crippen MR) is 93.6 cm³/mol. The fourth-order valence-electron chi connectivity index (χ4n) is 2.69. The van der Waals surface area contributed by atoms with Crippen molar-refractivity contribution in [1.29, 1.82) is 0 Å². The van der Waals surface area contributed by atoms with Crippen molar-refractivity contribution in [1.82, 2.24) is 5.43 Å². The van der Waals surface area contributed by atoms with Crippen LogP contribution in [0.2, 0.25) is 0 Å². The summed E-state index contributed by atoms with van der Waals surface area (Å²) in [7, 11) is 1.63. The average Bonchev–Trinajstić information content (AvgIpc) is 2.86. The summed E-state index contributed by atoms with van der Waals surface area (Å²) in [6.45, 7) is 0. The number of ether oxygens (including phenoxy) is 1. The van der Waals surface area contributed by atoms with Gasteiger partial charge >= 0.3 is 0 Å². The van der Waals surface area contributed by atoms with Gasteiger partial charge in [0.25, 0.3) is 5.91 Å². The normalized spacial score (nSPS) is 14.3. The second-order valence-electron chi connectivity index (χ2n) is 5.59. The first-order chi connectivity index (χ1) is 11.3. The third-order valence-electron chi connectivity index (χ3n) is 3.97. The number of nitrogens with one attached hydrogen (secondary N) is 1. The fraction of sp³-hybridized carbons (Fsp3) is 0.333. The molecule has 23 heavy (non-hydrogen) atoms. The molecule has 0 saturated carbocycles. The molecule has 0 atom stereocenters. The predicted octanol–water partition coefficient (Wildman–Crippen LogP) is 3.79. The van der Waals surface area contributed by atoms with Crippen molar-refractivity contribution in [2.45, 2.75) is 32.1 Å². The number of hydrogen-bond donors (Lipinski definition) is 1. The van der Waals surface area contributed by atoms with Gasteiger partial charge in [0, 0.05) is 4.88 Å². The van der Waals surface area contributed by atoms with Crippen molar-refractivity contribution >= 4 is 23.5 Å². The van der Waals surface area contributed by atoms with Crippen LogP contribution >= 0.6 is 11.3 Å². The van der Waals surface area contributed by atoms with Crippen molar-refractivity contribution in [3.05, 3.63) is 51.2 Å². The van der Waals surface area contributed by atoms with E-state index in [1.54, 1.807) is 24.7 Å². The lowest BCUT2D eigenvalue weighted by Crippen LogP contribution is -2.16. The van der Waals surface area contributed by atoms with E-state index in [1.807, 2.05) is 30.3 Å². The highest BCUT2D eigenvalue weighted by molar-refractivity contribution is 7.14. The van der Waals surface area contributed by atoms with Crippen LogP contribution in [0.25, 0.3) is 0 Å². The highest BCUT2D eigenvalue weighted by Crippen LogP contribution is 2.28. The molecule has 0 saturated heterocycles. The van der Waals surface area contributed by atoms with Crippen molar-refractivity contribution in [3.8, 4) is 5.75 Å². The first kappa shape index (κ1) is 15.7. The van der Waals surface area contributed by atoms with Gasteiger partial charge in [0.1, 0.15) is 5.75 Å². The minimum Gasteiger partial charge on any atom is -0.497 e. The van der Waals surface area contributed by atoms with Gasteiger partial charge in [-0.2, -0.15) is 5.10 Å². The summed E-state index contributed by atoms with van der Waals surface area (Å²) in [6.07, 6.45) is 7.56. The summed E-state index contributed by atoms with van der Waals surface area (Å²) in [5.41, 5.74) is 4.86. The van der Waals surface area contributed by atoms with Crippen LogP contribution in [-0.2, 0) is 12.8 Å². The first-order valence-electron chi connectivity index (χ1n) is 7.85. The molecular weight excluding hydrogens is 308 g/mol. The summed E-state index contributed by atoms with van der Waals surface area (Å²) >= 11 is 1.61. The highest BCUT2D eigenvalue weighted by Gasteiger charge is 2.15. The lowest BCUT2D eigenvalue weighted by molar-refractivity contribution is 0.0959. The second kappa shape index (κ2) is 7.42. The molecule has 1 N–H and O–H groups in total. The van der Waals surface area contributed by atoms with Crippen LogP contribution in [0.1, 0.15) is 44.9 Å². The Bertz CT molecular complexity index is 681. The zero-order valence-electron chi connectivity index (χ0n) is 13.2. The molecular formula is C18H20N2O2S. The molecule has 1 heterocycles. The number of aryl methyl sites for hydroxylation is 2. The number of rotatable bonds is 4. The summed E-state index contributed by atoms with van der Waals surface area (Å²) in [4.78, 5) is 14.3. The van der Waals surface area contributed by atoms with E-state index in [2.05, 4.69) is 10.5 Å². The van der Waals surface area contributed by atoms with Gasteiger partial charge in [0.05, 0.1) is 18.2 Å². The Morgan fingerprint density at radius 3 is 2.78 bits per heavy atom. The molecule has 0 spiro atoms. The Kier molecular flexibility index (Phi) is 5.08. The van der Waals surface area contributed by atoms with Crippen LogP contribution in [0.4, 0.5) is 0 Å². The van der Waals surface area contributed by atoms with Gasteiger partial charge in [-0.15, -0.1) is 11.3 Å². The van der Waals surface area contributed by atoms with E-state index >= 15 is 0 Å². The van der Waals surface area contributed by atoms with Crippen LogP contribution in [0.3, 0.4) is 0 Å². The van der Waals surface area contributed by atoms with Crippen LogP contribution in [-0.4, -0.2) is 19.2 Å². The number of amides is 1. The number of benzene rings is 1. The van der Waals surface area contributed by atoms with Gasteiger partial charge in [0.2, 0.25) is 0 Å². The van der Waals surface area contributed by atoms with E-state index in [0.29, 0.717) is 0 Å². The number of carbonyl (C=O) groups is 1. The molecule has 2 aromatic rings. The van der Waals surface area contributed by atoms with E-state index < -0.39 is 0 Å². The summed E-state index contributed by atoms with van der Waals surface area (Å²) in [5.74, 6) is 0.666. The van der Waals surface area contributed by atoms with Gasteiger partial charge in [0.15, 0.2) is 0 Å². The zero-order chi connectivity index (χ0) is 16.1. The Hall–Kier alpha value is -2.14. The average molecular weight is 328 g/mol. The maximum Gasteiger partial charge on any atom is 0.281 e. The molecule has 3 rings (SSSR count). The lowest BCUT2D eigenvalue weighted by atomic mass is 10.1. The molecule has 0 radical (unpaired) electrons. The number of methoxy groups -OCH3 is 1. The molecule has 0 unspecified atom stereocenters. The Balaban J connectivity index is 1.61. The minimum absolute atomic E-state index is 0.132. The number of hydrazone groups is 1. The molecule has 1 aromatic heterocycles. The molecule has 0 aliphatic heterocycles. The standard InChI is InChI=1S/C18H20N2O2S/c1-22-15-9-7-13(8-10-15)12-19-20-18(21)17-11-14-5-3-2-4-6-16(14)23-17/h7-12H,2-6H2,1H3,(H,20,21)/b19-12-. The van der Waals surface area contributed by atoms with Gasteiger partial charge < -0.3 is 4.74 Å². The number of fused-ring (bicyclic) bond motifs is 1. The van der Waals surface area contributed by atoms with Crippen LogP contribution in [0.15, 0.2) is 35.4 Å². The Labute approximate surface area is 140 Å². The maximum atomic E-state index is 12.2. The van der Waals surface area contributed by atoms with E-state index in [1.165, 1.54) is 29.7 Å². The molecule has 1 aliphatic rings. The molecule has 120 valence electrons. The van der Waals surface area contributed by atoms with Crippen LogP contribution in [0.5, 0.6) is 5.75 Å². The molecule has 5 heteroatoms. The molecule has 0 fully saturated rings. The van der Waals surface area contributed by atoms with E-state index in [9.17, 15) is 4.79 Å². The fourth-order valence-corrected chi connectivity index (χ4v) is 3.83. The van der Waals surface area contributed by atoms with E-state index in [-0.39, 0.29) is 5.91 Å². The maximum absolute atomic E-state index is 12.2. The van der Waals surface area contributed by atoms with Crippen molar-refractivity contribution in [3.63, 3.8) is 0 Å². The molecule has 4 nitrogen and oxygen atoms in total. The first-order valence-corrected chi connectivity index (χ1v) is 8.67. The summed E-state index contributed by atoms with van der Waals surface area (Å²) in [5, 5.41) is 4.04. The lowest BCUT2D eigenvalue weighted by Gasteiger charge is -1.99. The molecule has 1 aromatic carbocycles. The van der Waals surface area contributed by atoms with Gasteiger partial charge in [-0.3, -0.25) is 4.79 Å². The topological polar surface area (TPSA) is 50.7 Å². The van der Waals surface area contributed by atoms with Crippen LogP contribution < -0.4 is 10.2 Å².